The quantitative estimate of drug-likeness (QED) is 0.647. The molecule has 1 unspecified atom stereocenters. The summed E-state index contributed by atoms with van der Waals surface area (Å²) >= 11 is 0. The number of carbonyl (C=O) groups is 2. The zero-order valence-corrected chi connectivity index (χ0v) is 16.1. The van der Waals surface area contributed by atoms with Crippen molar-refractivity contribution in [3.05, 3.63) is 78.1 Å². The zero-order chi connectivity index (χ0) is 20.9. The van der Waals surface area contributed by atoms with Gasteiger partial charge in [-0.2, -0.15) is 0 Å². The number of amides is 2. The SMILES string of the molecule is O=C(NCc1cccnc1Oc1cccc(F)c1)C1CC(=O)N(Cc2ccco2)C1. The van der Waals surface area contributed by atoms with Gasteiger partial charge < -0.3 is 19.4 Å². The Hall–Kier alpha value is -3.68. The molecule has 0 radical (unpaired) electrons. The van der Waals surface area contributed by atoms with Gasteiger partial charge in [0.15, 0.2) is 0 Å². The highest BCUT2D eigenvalue weighted by atomic mass is 19.1. The fraction of sp³-hybridized carbons (Fsp3) is 0.227. The molecule has 8 heteroatoms. The Balaban J connectivity index is 1.36. The summed E-state index contributed by atoms with van der Waals surface area (Å²) in [5.41, 5.74) is 0.645. The third kappa shape index (κ3) is 4.65. The van der Waals surface area contributed by atoms with Crippen LogP contribution in [0.25, 0.3) is 0 Å². The second kappa shape index (κ2) is 8.77. The maximum Gasteiger partial charge on any atom is 0.225 e. The lowest BCUT2D eigenvalue weighted by Gasteiger charge is -2.15. The van der Waals surface area contributed by atoms with E-state index in [1.54, 1.807) is 53.8 Å². The lowest BCUT2D eigenvalue weighted by atomic mass is 10.1. The largest absolute Gasteiger partial charge is 0.467 e. The van der Waals surface area contributed by atoms with Crippen LogP contribution in [0.4, 0.5) is 4.39 Å². The van der Waals surface area contributed by atoms with Crippen LogP contribution in [0.1, 0.15) is 17.7 Å². The van der Waals surface area contributed by atoms with Crippen molar-refractivity contribution >= 4 is 11.8 Å². The van der Waals surface area contributed by atoms with E-state index in [0.29, 0.717) is 30.2 Å². The van der Waals surface area contributed by atoms with Crippen molar-refractivity contribution in [1.29, 1.82) is 0 Å². The third-order valence-corrected chi connectivity index (χ3v) is 4.83. The predicted molar refractivity (Wildman–Crippen MR) is 105 cm³/mol. The number of rotatable bonds is 7. The Morgan fingerprint density at radius 1 is 1.27 bits per heavy atom. The maximum atomic E-state index is 13.4. The van der Waals surface area contributed by atoms with Gasteiger partial charge in [-0.15, -0.1) is 0 Å². The van der Waals surface area contributed by atoms with Gasteiger partial charge in [0.1, 0.15) is 17.3 Å². The molecule has 154 valence electrons. The first kappa shape index (κ1) is 19.6. The molecule has 0 saturated carbocycles. The van der Waals surface area contributed by atoms with E-state index < -0.39 is 11.7 Å². The number of ether oxygens (including phenoxy) is 1. The highest BCUT2D eigenvalue weighted by Gasteiger charge is 2.34. The number of hydrogen-bond donors (Lipinski definition) is 1. The average Bonchev–Trinajstić information content (AvgIpc) is 3.37. The van der Waals surface area contributed by atoms with Crippen LogP contribution in [-0.4, -0.2) is 28.2 Å². The molecule has 2 aromatic heterocycles. The van der Waals surface area contributed by atoms with E-state index in [0.717, 1.165) is 0 Å². The summed E-state index contributed by atoms with van der Waals surface area (Å²) in [6, 6.07) is 12.8. The molecular formula is C22H20FN3O4. The van der Waals surface area contributed by atoms with Crippen LogP contribution in [0.2, 0.25) is 0 Å². The van der Waals surface area contributed by atoms with Gasteiger partial charge in [0.05, 0.1) is 18.7 Å². The molecule has 1 aromatic carbocycles. The Labute approximate surface area is 172 Å². The van der Waals surface area contributed by atoms with Crippen LogP contribution in [0, 0.1) is 11.7 Å². The number of halogens is 1. The van der Waals surface area contributed by atoms with Crippen molar-refractivity contribution in [1.82, 2.24) is 15.2 Å². The van der Waals surface area contributed by atoms with E-state index in [9.17, 15) is 14.0 Å². The van der Waals surface area contributed by atoms with E-state index >= 15 is 0 Å². The van der Waals surface area contributed by atoms with Gasteiger partial charge in [0.2, 0.25) is 17.7 Å². The van der Waals surface area contributed by atoms with Crippen molar-refractivity contribution in [2.75, 3.05) is 6.54 Å². The maximum absolute atomic E-state index is 13.4. The summed E-state index contributed by atoms with van der Waals surface area (Å²) < 4.78 is 24.3. The van der Waals surface area contributed by atoms with Crippen LogP contribution < -0.4 is 10.1 Å². The Kier molecular flexibility index (Phi) is 5.74. The second-order valence-corrected chi connectivity index (χ2v) is 7.00. The average molecular weight is 409 g/mol. The first-order chi connectivity index (χ1) is 14.6. The Bertz CT molecular complexity index is 1040. The normalized spacial score (nSPS) is 16.0. The molecule has 1 atom stereocenters. The first-order valence-corrected chi connectivity index (χ1v) is 9.53. The van der Waals surface area contributed by atoms with Crippen LogP contribution in [0.3, 0.4) is 0 Å². The summed E-state index contributed by atoms with van der Waals surface area (Å²) in [6.45, 7) is 0.870. The van der Waals surface area contributed by atoms with Crippen LogP contribution in [0.5, 0.6) is 11.6 Å². The molecule has 0 aliphatic carbocycles. The Morgan fingerprint density at radius 3 is 2.97 bits per heavy atom. The van der Waals surface area contributed by atoms with Crippen molar-refractivity contribution in [3.8, 4) is 11.6 Å². The van der Waals surface area contributed by atoms with Crippen molar-refractivity contribution in [2.45, 2.75) is 19.5 Å². The van der Waals surface area contributed by atoms with Gasteiger partial charge in [0.25, 0.3) is 0 Å². The van der Waals surface area contributed by atoms with E-state index in [1.807, 2.05) is 0 Å². The molecule has 3 heterocycles. The van der Waals surface area contributed by atoms with Crippen molar-refractivity contribution in [2.24, 2.45) is 5.92 Å². The number of furan rings is 1. The van der Waals surface area contributed by atoms with Gasteiger partial charge >= 0.3 is 0 Å². The molecule has 1 saturated heterocycles. The van der Waals surface area contributed by atoms with E-state index in [4.69, 9.17) is 9.15 Å². The molecule has 30 heavy (non-hydrogen) atoms. The van der Waals surface area contributed by atoms with E-state index in [2.05, 4.69) is 10.3 Å². The van der Waals surface area contributed by atoms with Crippen LogP contribution >= 0.6 is 0 Å². The van der Waals surface area contributed by atoms with Crippen molar-refractivity contribution in [3.63, 3.8) is 0 Å². The fourth-order valence-electron chi connectivity index (χ4n) is 3.31. The fourth-order valence-corrected chi connectivity index (χ4v) is 3.31. The van der Waals surface area contributed by atoms with E-state index in [1.165, 1.54) is 12.1 Å². The molecule has 1 N–H and O–H groups in total. The molecule has 1 fully saturated rings. The number of pyridine rings is 1. The van der Waals surface area contributed by atoms with Crippen molar-refractivity contribution < 1.29 is 23.1 Å². The molecule has 7 nitrogen and oxygen atoms in total. The Morgan fingerprint density at radius 2 is 2.17 bits per heavy atom. The molecule has 3 aromatic rings. The van der Waals surface area contributed by atoms with Crippen LogP contribution in [-0.2, 0) is 22.7 Å². The van der Waals surface area contributed by atoms with Gasteiger partial charge in [-0.05, 0) is 30.3 Å². The monoisotopic (exact) mass is 409 g/mol. The molecular weight excluding hydrogens is 389 g/mol. The molecule has 4 rings (SSSR count). The van der Waals surface area contributed by atoms with Gasteiger partial charge in [0, 0.05) is 37.3 Å². The summed E-state index contributed by atoms with van der Waals surface area (Å²) in [6.07, 6.45) is 3.27. The number of hydrogen-bond acceptors (Lipinski definition) is 5. The highest BCUT2D eigenvalue weighted by molar-refractivity contribution is 5.89. The highest BCUT2D eigenvalue weighted by Crippen LogP contribution is 2.24. The lowest BCUT2D eigenvalue weighted by Crippen LogP contribution is -2.32. The molecule has 0 bridgehead atoms. The summed E-state index contributed by atoms with van der Waals surface area (Å²) in [7, 11) is 0. The van der Waals surface area contributed by atoms with Gasteiger partial charge in [-0.25, -0.2) is 9.37 Å². The number of nitrogens with one attached hydrogen (secondary N) is 1. The minimum Gasteiger partial charge on any atom is -0.467 e. The second-order valence-electron chi connectivity index (χ2n) is 7.00. The number of nitrogens with zero attached hydrogens (tertiary/aromatic N) is 2. The summed E-state index contributed by atoms with van der Waals surface area (Å²) in [5, 5.41) is 2.84. The number of aromatic nitrogens is 1. The van der Waals surface area contributed by atoms with E-state index in [-0.39, 0.29) is 30.7 Å². The number of benzene rings is 1. The molecule has 1 aliphatic heterocycles. The summed E-state index contributed by atoms with van der Waals surface area (Å²) in [4.78, 5) is 30.6. The standard InChI is InChI=1S/C22H20FN3O4/c23-17-5-1-6-18(11-17)30-22-15(4-2-8-24-22)12-25-21(28)16-10-20(27)26(13-16)14-19-7-3-9-29-19/h1-9,11,16H,10,12-14H2,(H,25,28). The number of carbonyl (C=O) groups excluding carboxylic acids is 2. The number of likely N-dealkylation sites (tertiary alicyclic amines) is 1. The topological polar surface area (TPSA) is 84.7 Å². The first-order valence-electron chi connectivity index (χ1n) is 9.53. The van der Waals surface area contributed by atoms with Crippen LogP contribution in [0.15, 0.2) is 65.4 Å². The minimum atomic E-state index is -0.434. The minimum absolute atomic E-state index is 0.0805. The van der Waals surface area contributed by atoms with Gasteiger partial charge in [-0.3, -0.25) is 9.59 Å². The predicted octanol–water partition coefficient (Wildman–Crippen LogP) is 3.27. The molecule has 0 spiro atoms. The smallest absolute Gasteiger partial charge is 0.225 e. The zero-order valence-electron chi connectivity index (χ0n) is 16.1. The third-order valence-electron chi connectivity index (χ3n) is 4.83. The van der Waals surface area contributed by atoms with Gasteiger partial charge in [-0.1, -0.05) is 12.1 Å². The summed E-state index contributed by atoms with van der Waals surface area (Å²) in [5.74, 6) is 0.134. The lowest BCUT2D eigenvalue weighted by molar-refractivity contribution is -0.129. The molecule has 1 aliphatic rings. The molecule has 2 amide bonds.